The van der Waals surface area contributed by atoms with Gasteiger partial charge in [0.2, 0.25) is 9.84 Å². The number of sulfone groups is 1. The number of fused-ring (bicyclic) bond motifs is 1. The van der Waals surface area contributed by atoms with Crippen LogP contribution in [0.25, 0.3) is 10.9 Å². The molecule has 8 heteroatoms. The third kappa shape index (κ3) is 2.77. The summed E-state index contributed by atoms with van der Waals surface area (Å²) in [5, 5.41) is 0.0192. The van der Waals surface area contributed by atoms with Gasteiger partial charge in [0.25, 0.3) is 0 Å². The van der Waals surface area contributed by atoms with E-state index in [-0.39, 0.29) is 15.9 Å². The number of pyridine rings is 1. The van der Waals surface area contributed by atoms with Crippen molar-refractivity contribution in [3.05, 3.63) is 65.1 Å². The Morgan fingerprint density at radius 3 is 2.22 bits per heavy atom. The van der Waals surface area contributed by atoms with Gasteiger partial charge in [-0.2, -0.15) is 0 Å². The van der Waals surface area contributed by atoms with Crippen LogP contribution < -0.4 is 0 Å². The van der Waals surface area contributed by atoms with E-state index in [1.165, 1.54) is 6.07 Å². The van der Waals surface area contributed by atoms with Crippen molar-refractivity contribution in [2.24, 2.45) is 0 Å². The van der Waals surface area contributed by atoms with E-state index < -0.39 is 37.1 Å². The van der Waals surface area contributed by atoms with Crippen LogP contribution in [0.2, 0.25) is 5.02 Å². The number of rotatable bonds is 2. The van der Waals surface area contributed by atoms with Crippen molar-refractivity contribution in [1.29, 1.82) is 0 Å². The van der Waals surface area contributed by atoms with Gasteiger partial charge in [-0.25, -0.2) is 21.6 Å². The van der Waals surface area contributed by atoms with Gasteiger partial charge in [-0.1, -0.05) is 11.6 Å². The second kappa shape index (κ2) is 5.50. The lowest BCUT2D eigenvalue weighted by Crippen LogP contribution is -2.05. The zero-order chi connectivity index (χ0) is 16.8. The molecule has 0 aliphatic carbocycles. The Balaban J connectivity index is 2.26. The summed E-state index contributed by atoms with van der Waals surface area (Å²) in [4.78, 5) is 2.85. The van der Waals surface area contributed by atoms with E-state index in [1.807, 2.05) is 0 Å². The molecule has 0 saturated heterocycles. The highest BCUT2D eigenvalue weighted by Crippen LogP contribution is 2.33. The summed E-state index contributed by atoms with van der Waals surface area (Å²) in [6, 6.07) is 5.41. The van der Waals surface area contributed by atoms with Gasteiger partial charge in [-0.15, -0.1) is 0 Å². The molecule has 3 rings (SSSR count). The number of benzene rings is 2. The molecule has 23 heavy (non-hydrogen) atoms. The van der Waals surface area contributed by atoms with Crippen molar-refractivity contribution in [3.63, 3.8) is 0 Å². The van der Waals surface area contributed by atoms with Gasteiger partial charge in [-0.3, -0.25) is 4.98 Å². The summed E-state index contributed by atoms with van der Waals surface area (Å²) in [6.45, 7) is 0. The molecule has 0 unspecified atom stereocenters. The van der Waals surface area contributed by atoms with Gasteiger partial charge >= 0.3 is 0 Å². The lowest BCUT2D eigenvalue weighted by molar-refractivity contribution is 0.567. The zero-order valence-electron chi connectivity index (χ0n) is 11.2. The number of aromatic nitrogens is 1. The molecule has 0 N–H and O–H groups in total. The van der Waals surface area contributed by atoms with E-state index in [0.29, 0.717) is 18.2 Å². The van der Waals surface area contributed by atoms with Gasteiger partial charge in [-0.05, 0) is 24.3 Å². The predicted molar refractivity (Wildman–Crippen MR) is 78.5 cm³/mol. The smallest absolute Gasteiger partial charge is 0.209 e. The lowest BCUT2D eigenvalue weighted by atomic mass is 10.2. The van der Waals surface area contributed by atoms with Crippen LogP contribution in [0.3, 0.4) is 0 Å². The van der Waals surface area contributed by atoms with Crippen LogP contribution in [0.4, 0.5) is 13.2 Å². The summed E-state index contributed by atoms with van der Waals surface area (Å²) in [5.41, 5.74) is 0.166. The predicted octanol–water partition coefficient (Wildman–Crippen LogP) is 4.14. The number of halogens is 4. The Morgan fingerprint density at radius 2 is 1.57 bits per heavy atom. The molecule has 1 aromatic heterocycles. The molecule has 0 spiro atoms. The highest BCUT2D eigenvalue weighted by Gasteiger charge is 2.24. The minimum atomic E-state index is -4.28. The highest BCUT2D eigenvalue weighted by atomic mass is 35.5. The molecule has 0 fully saturated rings. The van der Waals surface area contributed by atoms with Crippen LogP contribution in [0.15, 0.2) is 52.4 Å². The Labute approximate surface area is 134 Å². The first-order valence-corrected chi connectivity index (χ1v) is 8.10. The van der Waals surface area contributed by atoms with Crippen LogP contribution in [0, 0.1) is 17.5 Å². The first kappa shape index (κ1) is 15.8. The van der Waals surface area contributed by atoms with Gasteiger partial charge in [0.05, 0.1) is 15.4 Å². The maximum absolute atomic E-state index is 13.3. The topological polar surface area (TPSA) is 47.0 Å². The maximum Gasteiger partial charge on any atom is 0.209 e. The van der Waals surface area contributed by atoms with E-state index >= 15 is 0 Å². The van der Waals surface area contributed by atoms with E-state index in [0.717, 1.165) is 18.3 Å². The largest absolute Gasteiger partial charge is 0.255 e. The van der Waals surface area contributed by atoms with Crippen LogP contribution >= 0.6 is 11.6 Å². The van der Waals surface area contributed by atoms with Crippen molar-refractivity contribution < 1.29 is 21.6 Å². The molecule has 118 valence electrons. The second-order valence-corrected chi connectivity index (χ2v) is 7.00. The monoisotopic (exact) mass is 357 g/mol. The van der Waals surface area contributed by atoms with Gasteiger partial charge in [0, 0.05) is 23.7 Å². The SMILES string of the molecule is O=S(=O)(c1cc(F)cc(F)c1)c1cnc2cc(F)ccc2c1Cl. The van der Waals surface area contributed by atoms with Crippen molar-refractivity contribution in [2.75, 3.05) is 0 Å². The standard InChI is InChI=1S/C15H7ClF3NO2S/c16-15-12-2-1-8(17)6-13(12)20-7-14(15)23(21,22)11-4-9(18)3-10(19)5-11/h1-7H. The molecular weight excluding hydrogens is 351 g/mol. The molecule has 3 aromatic rings. The van der Waals surface area contributed by atoms with Gasteiger partial charge < -0.3 is 0 Å². The van der Waals surface area contributed by atoms with Crippen molar-refractivity contribution in [2.45, 2.75) is 9.79 Å². The molecular formula is C15H7ClF3NO2S. The minimum Gasteiger partial charge on any atom is -0.255 e. The normalized spacial score (nSPS) is 11.8. The fourth-order valence-electron chi connectivity index (χ4n) is 2.11. The van der Waals surface area contributed by atoms with Crippen molar-refractivity contribution in [1.82, 2.24) is 4.98 Å². The average molecular weight is 358 g/mol. The fourth-order valence-corrected chi connectivity index (χ4v) is 3.95. The molecule has 0 bridgehead atoms. The molecule has 0 aliphatic rings. The molecule has 0 radical (unpaired) electrons. The summed E-state index contributed by atoms with van der Waals surface area (Å²) < 4.78 is 64.8. The van der Waals surface area contributed by atoms with Crippen molar-refractivity contribution >= 4 is 32.3 Å². The quantitative estimate of drug-likeness (QED) is 0.692. The van der Waals surface area contributed by atoms with E-state index in [2.05, 4.69) is 4.98 Å². The maximum atomic E-state index is 13.3. The summed E-state index contributed by atoms with van der Waals surface area (Å²) in [5.74, 6) is -2.62. The van der Waals surface area contributed by atoms with E-state index in [1.54, 1.807) is 0 Å². The third-order valence-corrected chi connectivity index (χ3v) is 5.43. The molecule has 0 saturated carbocycles. The molecule has 0 amide bonds. The molecule has 2 aromatic carbocycles. The Kier molecular flexibility index (Phi) is 3.77. The van der Waals surface area contributed by atoms with Crippen LogP contribution in [-0.4, -0.2) is 13.4 Å². The van der Waals surface area contributed by atoms with Crippen molar-refractivity contribution in [3.8, 4) is 0 Å². The number of nitrogens with zero attached hydrogens (tertiary/aromatic N) is 1. The second-order valence-electron chi connectivity index (χ2n) is 4.71. The summed E-state index contributed by atoms with van der Waals surface area (Å²) in [7, 11) is -4.28. The van der Waals surface area contributed by atoms with Crippen LogP contribution in [-0.2, 0) is 9.84 Å². The Bertz CT molecular complexity index is 1020. The third-order valence-electron chi connectivity index (χ3n) is 3.17. The Hall–Kier alpha value is -2.12. The van der Waals surface area contributed by atoms with E-state index in [4.69, 9.17) is 11.6 Å². The number of hydrogen-bond donors (Lipinski definition) is 0. The number of hydrogen-bond acceptors (Lipinski definition) is 3. The highest BCUT2D eigenvalue weighted by molar-refractivity contribution is 7.91. The van der Waals surface area contributed by atoms with E-state index in [9.17, 15) is 21.6 Å². The summed E-state index contributed by atoms with van der Waals surface area (Å²) >= 11 is 6.08. The summed E-state index contributed by atoms with van der Waals surface area (Å²) in [6.07, 6.45) is 0.933. The first-order chi connectivity index (χ1) is 10.8. The minimum absolute atomic E-state index is 0.166. The van der Waals surface area contributed by atoms with Crippen LogP contribution in [0.1, 0.15) is 0 Å². The molecule has 0 atom stereocenters. The fraction of sp³-hybridized carbons (Fsp3) is 0. The van der Waals surface area contributed by atoms with Gasteiger partial charge in [0.15, 0.2) is 0 Å². The molecule has 0 aliphatic heterocycles. The zero-order valence-corrected chi connectivity index (χ0v) is 12.8. The first-order valence-electron chi connectivity index (χ1n) is 6.24. The molecule has 1 heterocycles. The molecule has 3 nitrogen and oxygen atoms in total. The Morgan fingerprint density at radius 1 is 0.913 bits per heavy atom. The van der Waals surface area contributed by atoms with Crippen LogP contribution in [0.5, 0.6) is 0 Å². The lowest BCUT2D eigenvalue weighted by Gasteiger charge is -2.09. The average Bonchev–Trinajstić information content (AvgIpc) is 2.46. The van der Waals surface area contributed by atoms with Gasteiger partial charge in [0.1, 0.15) is 22.3 Å².